The average Bonchev–Trinajstić information content (AvgIpc) is 2.48. The molecule has 0 aliphatic carbocycles. The number of carbonyl (C=O) groups is 1. The van der Waals surface area contributed by atoms with Gasteiger partial charge in [-0.3, -0.25) is 4.79 Å². The number of benzene rings is 1. The smallest absolute Gasteiger partial charge is 0.248 e. The standard InChI is InChI=1S/C16H24FN3O/c1-2-7-20-8-5-14(6-9-20)19-11-13-10-12(16(18)21)3-4-15(13)17/h3-4,10,14,19H,2,5-9,11H2,1H3,(H2,18,21). The number of halogens is 1. The highest BCUT2D eigenvalue weighted by Crippen LogP contribution is 2.14. The second kappa shape index (κ2) is 7.52. The van der Waals surface area contributed by atoms with Crippen molar-refractivity contribution < 1.29 is 9.18 Å². The molecule has 1 aromatic carbocycles. The van der Waals surface area contributed by atoms with Crippen LogP contribution in [0.25, 0.3) is 0 Å². The maximum Gasteiger partial charge on any atom is 0.248 e. The predicted octanol–water partition coefficient (Wildman–Crippen LogP) is 1.89. The fraction of sp³-hybridized carbons (Fsp3) is 0.562. The van der Waals surface area contributed by atoms with Crippen LogP contribution < -0.4 is 11.1 Å². The van der Waals surface area contributed by atoms with Gasteiger partial charge in [0.2, 0.25) is 5.91 Å². The fourth-order valence-corrected chi connectivity index (χ4v) is 2.79. The summed E-state index contributed by atoms with van der Waals surface area (Å²) >= 11 is 0. The largest absolute Gasteiger partial charge is 0.366 e. The van der Waals surface area contributed by atoms with E-state index in [2.05, 4.69) is 17.1 Å². The van der Waals surface area contributed by atoms with Crippen LogP contribution in [0.1, 0.15) is 42.1 Å². The van der Waals surface area contributed by atoms with E-state index in [4.69, 9.17) is 5.73 Å². The third-order valence-corrected chi connectivity index (χ3v) is 4.04. The summed E-state index contributed by atoms with van der Waals surface area (Å²) in [4.78, 5) is 13.6. The van der Waals surface area contributed by atoms with Gasteiger partial charge >= 0.3 is 0 Å². The average molecular weight is 293 g/mol. The Balaban J connectivity index is 1.86. The normalized spacial score (nSPS) is 17.0. The molecule has 0 saturated carbocycles. The van der Waals surface area contributed by atoms with Gasteiger partial charge < -0.3 is 16.0 Å². The molecule has 0 aromatic heterocycles. The molecular weight excluding hydrogens is 269 g/mol. The first-order valence-corrected chi connectivity index (χ1v) is 7.64. The molecule has 1 heterocycles. The number of piperidine rings is 1. The third kappa shape index (κ3) is 4.51. The fourth-order valence-electron chi connectivity index (χ4n) is 2.79. The molecule has 4 nitrogen and oxygen atoms in total. The molecule has 0 unspecified atom stereocenters. The van der Waals surface area contributed by atoms with Gasteiger partial charge in [-0.25, -0.2) is 4.39 Å². The summed E-state index contributed by atoms with van der Waals surface area (Å²) in [5, 5.41) is 3.39. The van der Waals surface area contributed by atoms with Gasteiger partial charge in [-0.05, 0) is 57.1 Å². The summed E-state index contributed by atoms with van der Waals surface area (Å²) < 4.78 is 13.7. The van der Waals surface area contributed by atoms with Crippen LogP contribution in [0.5, 0.6) is 0 Å². The topological polar surface area (TPSA) is 58.4 Å². The number of nitrogens with zero attached hydrogens (tertiary/aromatic N) is 1. The molecule has 0 spiro atoms. The van der Waals surface area contributed by atoms with Crippen LogP contribution in [-0.2, 0) is 6.54 Å². The Bertz CT molecular complexity index is 484. The Morgan fingerprint density at radius 2 is 2.14 bits per heavy atom. The minimum atomic E-state index is -0.524. The van der Waals surface area contributed by atoms with E-state index in [9.17, 15) is 9.18 Å². The van der Waals surface area contributed by atoms with E-state index in [0.29, 0.717) is 23.7 Å². The predicted molar refractivity (Wildman–Crippen MR) is 81.5 cm³/mol. The van der Waals surface area contributed by atoms with Crippen molar-refractivity contribution in [1.29, 1.82) is 0 Å². The van der Waals surface area contributed by atoms with Crippen molar-refractivity contribution in [3.05, 3.63) is 35.1 Å². The Morgan fingerprint density at radius 1 is 1.43 bits per heavy atom. The van der Waals surface area contributed by atoms with E-state index < -0.39 is 5.91 Å². The summed E-state index contributed by atoms with van der Waals surface area (Å²) in [5.74, 6) is -0.819. The summed E-state index contributed by atoms with van der Waals surface area (Å²) in [6, 6.07) is 4.68. The van der Waals surface area contributed by atoms with Crippen LogP contribution in [0, 0.1) is 5.82 Å². The maximum absolute atomic E-state index is 13.7. The van der Waals surface area contributed by atoms with Crippen molar-refractivity contribution in [3.63, 3.8) is 0 Å². The lowest BCUT2D eigenvalue weighted by Crippen LogP contribution is -2.42. The molecule has 1 aliphatic heterocycles. The Morgan fingerprint density at radius 3 is 2.76 bits per heavy atom. The molecule has 116 valence electrons. The Hall–Kier alpha value is -1.46. The van der Waals surface area contributed by atoms with Gasteiger partial charge in [0, 0.05) is 23.7 Å². The highest BCUT2D eigenvalue weighted by Gasteiger charge is 2.18. The lowest BCUT2D eigenvalue weighted by atomic mass is 10.0. The molecule has 0 radical (unpaired) electrons. The van der Waals surface area contributed by atoms with Crippen molar-refractivity contribution in [1.82, 2.24) is 10.2 Å². The van der Waals surface area contributed by atoms with E-state index in [1.54, 1.807) is 0 Å². The molecular formula is C16H24FN3O. The third-order valence-electron chi connectivity index (χ3n) is 4.04. The summed E-state index contributed by atoms with van der Waals surface area (Å²) in [6.45, 7) is 5.97. The molecule has 5 heteroatoms. The van der Waals surface area contributed by atoms with Gasteiger partial charge in [0.25, 0.3) is 0 Å². The number of nitrogens with two attached hydrogens (primary N) is 1. The minimum absolute atomic E-state index is 0.295. The van der Waals surface area contributed by atoms with Crippen molar-refractivity contribution in [3.8, 4) is 0 Å². The molecule has 1 amide bonds. The summed E-state index contributed by atoms with van der Waals surface area (Å²) in [5.41, 5.74) is 6.08. The number of hydrogen-bond acceptors (Lipinski definition) is 3. The molecule has 3 N–H and O–H groups in total. The van der Waals surface area contributed by atoms with Gasteiger partial charge in [0.05, 0.1) is 0 Å². The second-order valence-electron chi connectivity index (χ2n) is 5.67. The van der Waals surface area contributed by atoms with Gasteiger partial charge in [0.15, 0.2) is 0 Å². The highest BCUT2D eigenvalue weighted by molar-refractivity contribution is 5.92. The van der Waals surface area contributed by atoms with E-state index in [1.165, 1.54) is 24.6 Å². The SMILES string of the molecule is CCCN1CCC(NCc2cc(C(N)=O)ccc2F)CC1. The molecule has 0 bridgehead atoms. The zero-order chi connectivity index (χ0) is 15.2. The van der Waals surface area contributed by atoms with Crippen molar-refractivity contribution in [2.45, 2.75) is 38.8 Å². The van der Waals surface area contributed by atoms with Gasteiger partial charge in [-0.2, -0.15) is 0 Å². The van der Waals surface area contributed by atoms with E-state index >= 15 is 0 Å². The Kier molecular flexibility index (Phi) is 5.70. The number of amides is 1. The van der Waals surface area contributed by atoms with Crippen LogP contribution in [0.3, 0.4) is 0 Å². The summed E-state index contributed by atoms with van der Waals surface area (Å²) in [6.07, 6.45) is 3.34. The van der Waals surface area contributed by atoms with Gasteiger partial charge in [0.1, 0.15) is 5.82 Å². The molecule has 21 heavy (non-hydrogen) atoms. The molecule has 1 fully saturated rings. The van der Waals surface area contributed by atoms with E-state index in [-0.39, 0.29) is 5.82 Å². The maximum atomic E-state index is 13.7. The van der Waals surface area contributed by atoms with E-state index in [0.717, 1.165) is 32.5 Å². The molecule has 0 atom stereocenters. The zero-order valence-electron chi connectivity index (χ0n) is 12.6. The zero-order valence-corrected chi connectivity index (χ0v) is 12.6. The minimum Gasteiger partial charge on any atom is -0.366 e. The van der Waals surface area contributed by atoms with Crippen molar-refractivity contribution in [2.24, 2.45) is 5.73 Å². The van der Waals surface area contributed by atoms with Crippen LogP contribution in [-0.4, -0.2) is 36.5 Å². The molecule has 1 aromatic rings. The number of primary amides is 1. The lowest BCUT2D eigenvalue weighted by molar-refractivity contribution is 0.1000. The number of rotatable bonds is 6. The quantitative estimate of drug-likeness (QED) is 0.842. The summed E-state index contributed by atoms with van der Waals surface area (Å²) in [7, 11) is 0. The Labute approximate surface area is 125 Å². The molecule has 1 saturated heterocycles. The first kappa shape index (κ1) is 15.9. The number of carbonyl (C=O) groups excluding carboxylic acids is 1. The van der Waals surface area contributed by atoms with Crippen LogP contribution in [0.4, 0.5) is 4.39 Å². The number of hydrogen-bond donors (Lipinski definition) is 2. The molecule has 1 aliphatic rings. The van der Waals surface area contributed by atoms with Gasteiger partial charge in [-0.1, -0.05) is 6.92 Å². The first-order valence-electron chi connectivity index (χ1n) is 7.64. The van der Waals surface area contributed by atoms with Crippen LogP contribution >= 0.6 is 0 Å². The monoisotopic (exact) mass is 293 g/mol. The van der Waals surface area contributed by atoms with Crippen molar-refractivity contribution >= 4 is 5.91 Å². The number of nitrogens with one attached hydrogen (secondary N) is 1. The second-order valence-corrected chi connectivity index (χ2v) is 5.67. The van der Waals surface area contributed by atoms with Gasteiger partial charge in [-0.15, -0.1) is 0 Å². The van der Waals surface area contributed by atoms with Crippen LogP contribution in [0.15, 0.2) is 18.2 Å². The first-order chi connectivity index (χ1) is 10.1. The molecule has 2 rings (SSSR count). The van der Waals surface area contributed by atoms with Crippen LogP contribution in [0.2, 0.25) is 0 Å². The van der Waals surface area contributed by atoms with E-state index in [1.807, 2.05) is 0 Å². The van der Waals surface area contributed by atoms with Crippen molar-refractivity contribution in [2.75, 3.05) is 19.6 Å². The highest BCUT2D eigenvalue weighted by atomic mass is 19.1. The number of likely N-dealkylation sites (tertiary alicyclic amines) is 1. The lowest BCUT2D eigenvalue weighted by Gasteiger charge is -2.32.